The van der Waals surface area contributed by atoms with E-state index in [0.717, 1.165) is 41.4 Å². The molecule has 0 radical (unpaired) electrons. The van der Waals surface area contributed by atoms with Crippen molar-refractivity contribution < 1.29 is 4.74 Å². The van der Waals surface area contributed by atoms with Crippen LogP contribution in [0.5, 0.6) is 5.75 Å². The third-order valence-corrected chi connectivity index (χ3v) is 4.63. The smallest absolute Gasteiger partial charge is 0.144 e. The van der Waals surface area contributed by atoms with Crippen LogP contribution >= 0.6 is 0 Å². The summed E-state index contributed by atoms with van der Waals surface area (Å²) in [4.78, 5) is 11.5. The number of nitrogens with zero attached hydrogens (tertiary/aromatic N) is 1. The number of nitrogens with one attached hydrogen (secondary N) is 2. The second-order valence-corrected chi connectivity index (χ2v) is 6.59. The zero-order chi connectivity index (χ0) is 18.4. The molecule has 3 heterocycles. The average molecular weight is 351 g/mol. The van der Waals surface area contributed by atoms with E-state index in [1.54, 1.807) is 0 Å². The molecule has 0 bridgehead atoms. The predicted octanol–water partition coefficient (Wildman–Crippen LogP) is 6.12. The highest BCUT2D eigenvalue weighted by atomic mass is 16.5. The molecule has 0 aliphatic carbocycles. The molecule has 0 fully saturated rings. The van der Waals surface area contributed by atoms with Gasteiger partial charge in [-0.25, -0.2) is 0 Å². The number of unbranched alkanes of at least 4 members (excludes halogenated alkanes) is 2. The van der Waals surface area contributed by atoms with Gasteiger partial charge in [0.15, 0.2) is 0 Å². The Bertz CT molecular complexity index is 807. The number of aliphatic imine (C=N–C) groups is 1. The summed E-state index contributed by atoms with van der Waals surface area (Å²) in [6, 6.07) is 6.09. The molecule has 0 saturated carbocycles. The minimum atomic E-state index is 0.639. The molecule has 4 nitrogen and oxygen atoms in total. The van der Waals surface area contributed by atoms with E-state index in [0.29, 0.717) is 6.61 Å². The molecule has 4 heteroatoms. The fraction of sp³-hybridized carbons (Fsp3) is 0.409. The summed E-state index contributed by atoms with van der Waals surface area (Å²) in [6.07, 6.45) is 12.1. The lowest BCUT2D eigenvalue weighted by atomic mass is 10.0. The van der Waals surface area contributed by atoms with Gasteiger partial charge in [0.25, 0.3) is 0 Å². The maximum atomic E-state index is 5.83. The van der Waals surface area contributed by atoms with Crippen LogP contribution in [-0.2, 0) is 0 Å². The summed E-state index contributed by atoms with van der Waals surface area (Å²) in [5, 5.41) is 0. The SMILES string of the molecule is CCCCCC1=CC(=Cc2[nH]c(-c3ccc[nH]3)cc2OCC)N=C1CC. The van der Waals surface area contributed by atoms with Crippen LogP contribution in [0.15, 0.2) is 46.7 Å². The number of aromatic nitrogens is 2. The summed E-state index contributed by atoms with van der Waals surface area (Å²) < 4.78 is 5.83. The van der Waals surface area contributed by atoms with Crippen molar-refractivity contribution >= 4 is 11.8 Å². The van der Waals surface area contributed by atoms with Gasteiger partial charge in [-0.3, -0.25) is 4.99 Å². The fourth-order valence-corrected chi connectivity index (χ4v) is 3.31. The van der Waals surface area contributed by atoms with Crippen LogP contribution in [0.2, 0.25) is 0 Å². The number of H-pyrrole nitrogens is 2. The Kier molecular flexibility index (Phi) is 6.16. The Balaban J connectivity index is 1.87. The number of hydrogen-bond donors (Lipinski definition) is 2. The summed E-state index contributed by atoms with van der Waals surface area (Å²) in [7, 11) is 0. The second-order valence-electron chi connectivity index (χ2n) is 6.59. The number of allylic oxidation sites excluding steroid dienone is 2. The predicted molar refractivity (Wildman–Crippen MR) is 110 cm³/mol. The summed E-state index contributed by atoms with van der Waals surface area (Å²) in [5.41, 5.74) is 6.67. The number of aromatic amines is 2. The monoisotopic (exact) mass is 351 g/mol. The molecule has 0 aromatic carbocycles. The van der Waals surface area contributed by atoms with E-state index in [9.17, 15) is 0 Å². The van der Waals surface area contributed by atoms with E-state index >= 15 is 0 Å². The van der Waals surface area contributed by atoms with Crippen molar-refractivity contribution in [1.82, 2.24) is 9.97 Å². The first kappa shape index (κ1) is 18.3. The third kappa shape index (κ3) is 4.18. The van der Waals surface area contributed by atoms with Crippen LogP contribution in [0.4, 0.5) is 0 Å². The minimum Gasteiger partial charge on any atom is -0.492 e. The minimum absolute atomic E-state index is 0.639. The van der Waals surface area contributed by atoms with Gasteiger partial charge in [-0.2, -0.15) is 0 Å². The van der Waals surface area contributed by atoms with Crippen molar-refractivity contribution in [3.63, 3.8) is 0 Å². The Morgan fingerprint density at radius 2 is 2.04 bits per heavy atom. The molecule has 1 aliphatic heterocycles. The highest BCUT2D eigenvalue weighted by Crippen LogP contribution is 2.31. The van der Waals surface area contributed by atoms with E-state index in [1.165, 1.54) is 30.5 Å². The van der Waals surface area contributed by atoms with Gasteiger partial charge < -0.3 is 14.7 Å². The van der Waals surface area contributed by atoms with Crippen LogP contribution in [0.3, 0.4) is 0 Å². The molecule has 1 aliphatic rings. The lowest BCUT2D eigenvalue weighted by molar-refractivity contribution is 0.340. The summed E-state index contributed by atoms with van der Waals surface area (Å²) in [5.74, 6) is 0.866. The van der Waals surface area contributed by atoms with Crippen molar-refractivity contribution in [2.75, 3.05) is 6.61 Å². The van der Waals surface area contributed by atoms with Gasteiger partial charge in [0.05, 0.1) is 29.4 Å². The molecular formula is C22H29N3O. The molecule has 0 amide bonds. The van der Waals surface area contributed by atoms with E-state index < -0.39 is 0 Å². The summed E-state index contributed by atoms with van der Waals surface area (Å²) >= 11 is 0. The van der Waals surface area contributed by atoms with Crippen LogP contribution < -0.4 is 4.74 Å². The Morgan fingerprint density at radius 1 is 1.15 bits per heavy atom. The third-order valence-electron chi connectivity index (χ3n) is 4.63. The quantitative estimate of drug-likeness (QED) is 0.525. The van der Waals surface area contributed by atoms with Gasteiger partial charge >= 0.3 is 0 Å². The van der Waals surface area contributed by atoms with Gasteiger partial charge in [-0.05, 0) is 56.0 Å². The van der Waals surface area contributed by atoms with Gasteiger partial charge in [0.1, 0.15) is 5.75 Å². The van der Waals surface area contributed by atoms with Crippen molar-refractivity contribution in [1.29, 1.82) is 0 Å². The van der Waals surface area contributed by atoms with Crippen molar-refractivity contribution in [3.8, 4) is 17.1 Å². The zero-order valence-corrected chi connectivity index (χ0v) is 16.1. The van der Waals surface area contributed by atoms with Crippen LogP contribution in [-0.4, -0.2) is 22.3 Å². The first-order chi connectivity index (χ1) is 12.7. The highest BCUT2D eigenvalue weighted by molar-refractivity contribution is 6.04. The van der Waals surface area contributed by atoms with Crippen LogP contribution in [0.25, 0.3) is 17.5 Å². The molecule has 0 atom stereocenters. The molecule has 2 aromatic rings. The van der Waals surface area contributed by atoms with E-state index in [-0.39, 0.29) is 0 Å². The maximum absolute atomic E-state index is 5.83. The molecule has 0 saturated heterocycles. The molecule has 138 valence electrons. The standard InChI is InChI=1S/C22H29N3O/c1-4-7-8-10-16-13-17(24-18(16)5-2)14-21-22(26-6-3)15-20(25-21)19-11-9-12-23-19/h9,11-15,23,25H,4-8,10H2,1-3H3. The van der Waals surface area contributed by atoms with Gasteiger partial charge in [-0.1, -0.05) is 26.7 Å². The molecule has 0 unspecified atom stereocenters. The van der Waals surface area contributed by atoms with Gasteiger partial charge in [-0.15, -0.1) is 0 Å². The normalized spacial score (nSPS) is 15.4. The summed E-state index contributed by atoms with van der Waals surface area (Å²) in [6.45, 7) is 7.07. The highest BCUT2D eigenvalue weighted by Gasteiger charge is 2.15. The number of ether oxygens (including phenoxy) is 1. The maximum Gasteiger partial charge on any atom is 0.144 e. The van der Waals surface area contributed by atoms with E-state index in [4.69, 9.17) is 9.73 Å². The largest absolute Gasteiger partial charge is 0.492 e. The molecule has 0 spiro atoms. The molecule has 3 rings (SSSR count). The van der Waals surface area contributed by atoms with Crippen LogP contribution in [0, 0.1) is 0 Å². The molecule has 26 heavy (non-hydrogen) atoms. The Labute approximate surface area is 156 Å². The van der Waals surface area contributed by atoms with Gasteiger partial charge in [0, 0.05) is 18.0 Å². The number of hydrogen-bond acceptors (Lipinski definition) is 2. The molecular weight excluding hydrogens is 322 g/mol. The average Bonchev–Trinajstić information content (AvgIpc) is 3.36. The zero-order valence-electron chi connectivity index (χ0n) is 16.1. The van der Waals surface area contributed by atoms with Crippen molar-refractivity contribution in [2.45, 2.75) is 52.9 Å². The fourth-order valence-electron chi connectivity index (χ4n) is 3.31. The van der Waals surface area contributed by atoms with Crippen molar-refractivity contribution in [2.24, 2.45) is 4.99 Å². The number of rotatable bonds is 9. The molecule has 2 aromatic heterocycles. The Hall–Kier alpha value is -2.49. The van der Waals surface area contributed by atoms with E-state index in [1.807, 2.05) is 31.3 Å². The Morgan fingerprint density at radius 3 is 2.73 bits per heavy atom. The second kappa shape index (κ2) is 8.75. The van der Waals surface area contributed by atoms with Crippen molar-refractivity contribution in [3.05, 3.63) is 47.4 Å². The topological polar surface area (TPSA) is 53.2 Å². The first-order valence-electron chi connectivity index (χ1n) is 9.74. The van der Waals surface area contributed by atoms with Crippen LogP contribution in [0.1, 0.15) is 58.6 Å². The van der Waals surface area contributed by atoms with E-state index in [2.05, 4.69) is 36.0 Å². The molecule has 2 N–H and O–H groups in total. The van der Waals surface area contributed by atoms with Gasteiger partial charge in [0.2, 0.25) is 0 Å². The first-order valence-corrected chi connectivity index (χ1v) is 9.74. The lowest BCUT2D eigenvalue weighted by Crippen LogP contribution is -1.97. The lowest BCUT2D eigenvalue weighted by Gasteiger charge is -2.02.